The maximum absolute atomic E-state index is 9.22. The van der Waals surface area contributed by atoms with Gasteiger partial charge in [-0.2, -0.15) is 15.1 Å². The lowest BCUT2D eigenvalue weighted by atomic mass is 10.3. The number of methoxy groups -OCH3 is 1. The average Bonchev–Trinajstić information content (AvgIpc) is 2.86. The van der Waals surface area contributed by atoms with Crippen LogP contribution in [-0.2, 0) is 4.74 Å². The van der Waals surface area contributed by atoms with Gasteiger partial charge < -0.3 is 15.2 Å². The molecule has 9 heteroatoms. The first-order valence-corrected chi connectivity index (χ1v) is 5.32. The molecule has 0 saturated heterocycles. The van der Waals surface area contributed by atoms with E-state index < -0.39 is 0 Å². The zero-order chi connectivity index (χ0) is 13.0. The molecule has 0 saturated carbocycles. The van der Waals surface area contributed by atoms with Crippen LogP contribution in [0.2, 0.25) is 0 Å². The van der Waals surface area contributed by atoms with Crippen LogP contribution in [0.5, 0.6) is 0 Å². The Morgan fingerprint density at radius 3 is 3.06 bits per heavy atom. The zero-order valence-electron chi connectivity index (χ0n) is 9.84. The predicted octanol–water partition coefficient (Wildman–Crippen LogP) is -0.942. The monoisotopic (exact) mass is 253 g/mol. The second kappa shape index (κ2) is 5.58. The van der Waals surface area contributed by atoms with E-state index in [1.54, 1.807) is 13.3 Å². The molecule has 2 aromatic heterocycles. The Morgan fingerprint density at radius 1 is 1.56 bits per heavy atom. The molecule has 2 heterocycles. The fourth-order valence-corrected chi connectivity index (χ4v) is 1.54. The minimum Gasteiger partial charge on any atom is -0.394 e. The summed E-state index contributed by atoms with van der Waals surface area (Å²) in [5, 5.41) is 19.6. The van der Waals surface area contributed by atoms with E-state index in [0.717, 1.165) is 0 Å². The normalized spacial score (nSPS) is 12.6. The summed E-state index contributed by atoms with van der Waals surface area (Å²) in [6.07, 6.45) is 1.60. The predicted molar refractivity (Wildman–Crippen MR) is 65.9 cm³/mol. The minimum atomic E-state index is -0.270. The molecule has 0 aliphatic rings. The number of nitrogens with two attached hydrogens (primary N) is 1. The molecule has 98 valence electrons. The highest BCUT2D eigenvalue weighted by molar-refractivity contribution is 5.87. The van der Waals surface area contributed by atoms with Crippen molar-refractivity contribution in [1.29, 1.82) is 0 Å². The molecular formula is C9H15N7O2. The molecule has 0 aromatic carbocycles. The van der Waals surface area contributed by atoms with Gasteiger partial charge in [0.05, 0.1) is 30.8 Å². The van der Waals surface area contributed by atoms with Crippen LogP contribution >= 0.6 is 0 Å². The lowest BCUT2D eigenvalue weighted by molar-refractivity contribution is 0.153. The number of nitrogens with one attached hydrogen (secondary N) is 3. The van der Waals surface area contributed by atoms with E-state index in [0.29, 0.717) is 23.5 Å². The summed E-state index contributed by atoms with van der Waals surface area (Å²) in [6, 6.07) is -0.270. The Bertz CT molecular complexity index is 515. The van der Waals surface area contributed by atoms with Gasteiger partial charge in [-0.05, 0) is 0 Å². The van der Waals surface area contributed by atoms with Crippen LogP contribution < -0.4 is 16.6 Å². The highest BCUT2D eigenvalue weighted by Gasteiger charge is 2.13. The van der Waals surface area contributed by atoms with Gasteiger partial charge in [-0.3, -0.25) is 10.5 Å². The van der Waals surface area contributed by atoms with Crippen molar-refractivity contribution < 1.29 is 9.84 Å². The molecule has 2 rings (SSSR count). The maximum Gasteiger partial charge on any atom is 0.241 e. The first-order chi connectivity index (χ1) is 8.78. The van der Waals surface area contributed by atoms with Crippen LogP contribution in [0.3, 0.4) is 0 Å². The number of anilines is 2. The molecule has 1 unspecified atom stereocenters. The molecule has 0 aliphatic heterocycles. The van der Waals surface area contributed by atoms with E-state index in [4.69, 9.17) is 10.6 Å². The van der Waals surface area contributed by atoms with Crippen LogP contribution in [0.4, 0.5) is 11.8 Å². The van der Waals surface area contributed by atoms with Crippen molar-refractivity contribution in [1.82, 2.24) is 20.2 Å². The van der Waals surface area contributed by atoms with Gasteiger partial charge in [-0.15, -0.1) is 0 Å². The lowest BCUT2D eigenvalue weighted by Gasteiger charge is -2.16. The number of ether oxygens (including phenoxy) is 1. The molecule has 0 bridgehead atoms. The van der Waals surface area contributed by atoms with E-state index in [2.05, 4.69) is 30.9 Å². The van der Waals surface area contributed by atoms with Crippen molar-refractivity contribution in [2.45, 2.75) is 6.04 Å². The fraction of sp³-hybridized carbons (Fsp3) is 0.444. The van der Waals surface area contributed by atoms with E-state index in [1.165, 1.54) is 0 Å². The summed E-state index contributed by atoms with van der Waals surface area (Å²) >= 11 is 0. The van der Waals surface area contributed by atoms with Crippen molar-refractivity contribution in [3.8, 4) is 0 Å². The molecule has 6 N–H and O–H groups in total. The highest BCUT2D eigenvalue weighted by Crippen LogP contribution is 2.20. The number of nitrogens with zero attached hydrogens (tertiary/aromatic N) is 3. The number of hydrogen-bond donors (Lipinski definition) is 5. The largest absolute Gasteiger partial charge is 0.394 e. The Hall–Kier alpha value is -1.97. The third-order valence-corrected chi connectivity index (χ3v) is 2.37. The Kier molecular flexibility index (Phi) is 3.87. The summed E-state index contributed by atoms with van der Waals surface area (Å²) < 4.78 is 4.99. The Morgan fingerprint density at radius 2 is 2.39 bits per heavy atom. The van der Waals surface area contributed by atoms with Gasteiger partial charge in [0.15, 0.2) is 5.65 Å². The van der Waals surface area contributed by atoms with Crippen molar-refractivity contribution in [2.75, 3.05) is 31.1 Å². The highest BCUT2D eigenvalue weighted by atomic mass is 16.5. The summed E-state index contributed by atoms with van der Waals surface area (Å²) in [5.41, 5.74) is 2.92. The summed E-state index contributed by atoms with van der Waals surface area (Å²) in [6.45, 7) is 0.272. The molecular weight excluding hydrogens is 238 g/mol. The molecule has 0 aliphatic carbocycles. The molecule has 9 nitrogen and oxygen atoms in total. The fourth-order valence-electron chi connectivity index (χ4n) is 1.54. The van der Waals surface area contributed by atoms with Crippen molar-refractivity contribution in [2.24, 2.45) is 5.84 Å². The number of H-pyrrole nitrogens is 1. The van der Waals surface area contributed by atoms with E-state index >= 15 is 0 Å². The standard InChI is InChI=1S/C9H15N7O2/c1-18-4-5(3-17)12-7-6-2-11-16-8(6)14-9(13-7)15-10/h2,5,17H,3-4,10H2,1H3,(H3,11,12,13,14,15,16). The van der Waals surface area contributed by atoms with E-state index in [9.17, 15) is 5.11 Å². The van der Waals surface area contributed by atoms with Crippen LogP contribution in [0.15, 0.2) is 6.20 Å². The maximum atomic E-state index is 9.22. The second-order valence-electron chi connectivity index (χ2n) is 3.65. The lowest BCUT2D eigenvalue weighted by Crippen LogP contribution is -2.29. The number of hydrogen-bond acceptors (Lipinski definition) is 8. The average molecular weight is 253 g/mol. The number of rotatable bonds is 6. The van der Waals surface area contributed by atoms with E-state index in [1.807, 2.05) is 0 Å². The van der Waals surface area contributed by atoms with Crippen LogP contribution in [0.25, 0.3) is 11.0 Å². The van der Waals surface area contributed by atoms with Crippen molar-refractivity contribution in [3.05, 3.63) is 6.20 Å². The number of nitrogen functional groups attached to an aromatic ring is 1. The Labute approximate surface area is 103 Å². The molecule has 1 atom stereocenters. The first-order valence-electron chi connectivity index (χ1n) is 5.32. The number of aliphatic hydroxyl groups excluding tert-OH is 1. The Balaban J connectivity index is 2.32. The van der Waals surface area contributed by atoms with E-state index in [-0.39, 0.29) is 18.6 Å². The topological polar surface area (TPSA) is 134 Å². The summed E-state index contributed by atoms with van der Waals surface area (Å²) in [4.78, 5) is 8.27. The minimum absolute atomic E-state index is 0.0808. The quantitative estimate of drug-likeness (QED) is 0.329. The smallest absolute Gasteiger partial charge is 0.241 e. The second-order valence-corrected chi connectivity index (χ2v) is 3.65. The van der Waals surface area contributed by atoms with Gasteiger partial charge in [-0.1, -0.05) is 0 Å². The zero-order valence-corrected chi connectivity index (χ0v) is 9.84. The number of aliphatic hydroxyl groups is 1. The molecule has 18 heavy (non-hydrogen) atoms. The number of hydrazine groups is 1. The van der Waals surface area contributed by atoms with Crippen LogP contribution in [0, 0.1) is 0 Å². The summed E-state index contributed by atoms with van der Waals surface area (Å²) in [5.74, 6) is 6.07. The molecule has 0 spiro atoms. The van der Waals surface area contributed by atoms with Gasteiger partial charge >= 0.3 is 0 Å². The van der Waals surface area contributed by atoms with Gasteiger partial charge in [0.2, 0.25) is 5.95 Å². The number of fused-ring (bicyclic) bond motifs is 1. The van der Waals surface area contributed by atoms with Gasteiger partial charge in [0.1, 0.15) is 5.82 Å². The van der Waals surface area contributed by atoms with Gasteiger partial charge in [-0.25, -0.2) is 5.84 Å². The molecule has 0 radical (unpaired) electrons. The van der Waals surface area contributed by atoms with Gasteiger partial charge in [0.25, 0.3) is 0 Å². The van der Waals surface area contributed by atoms with Crippen LogP contribution in [0.1, 0.15) is 0 Å². The van der Waals surface area contributed by atoms with Crippen molar-refractivity contribution in [3.63, 3.8) is 0 Å². The molecule has 0 fully saturated rings. The van der Waals surface area contributed by atoms with Crippen molar-refractivity contribution >= 4 is 22.8 Å². The molecule has 0 amide bonds. The third-order valence-electron chi connectivity index (χ3n) is 2.37. The molecule has 2 aromatic rings. The first kappa shape index (κ1) is 12.5. The summed E-state index contributed by atoms with van der Waals surface area (Å²) in [7, 11) is 1.56. The van der Waals surface area contributed by atoms with Crippen LogP contribution in [-0.4, -0.2) is 51.6 Å². The third kappa shape index (κ3) is 2.47. The number of aromatic nitrogens is 4. The van der Waals surface area contributed by atoms with Gasteiger partial charge in [0, 0.05) is 7.11 Å². The number of aromatic amines is 1. The SMILES string of the molecule is COCC(CO)Nc1nc(NN)nc2[nH]ncc12.